The summed E-state index contributed by atoms with van der Waals surface area (Å²) >= 11 is 0. The molecule has 0 amide bonds. The van der Waals surface area contributed by atoms with Crippen LogP contribution in [-0.4, -0.2) is 29.2 Å². The molecule has 0 saturated carbocycles. The van der Waals surface area contributed by atoms with E-state index in [4.69, 9.17) is 0 Å². The van der Waals surface area contributed by atoms with Gasteiger partial charge in [0.15, 0.2) is 5.54 Å². The third kappa shape index (κ3) is 2.84. The Hall–Kier alpha value is -1.92. The van der Waals surface area contributed by atoms with Gasteiger partial charge in [-0.2, -0.15) is 5.26 Å². The fourth-order valence-corrected chi connectivity index (χ4v) is 3.87. The normalized spacial score (nSPS) is 26.1. The highest BCUT2D eigenvalue weighted by Gasteiger charge is 2.47. The van der Waals surface area contributed by atoms with Crippen LogP contribution in [0.3, 0.4) is 0 Å². The Balaban J connectivity index is 1.78. The molecule has 0 N–H and O–H groups in total. The maximum absolute atomic E-state index is 9.96. The fraction of sp³-hybridized carbons (Fsp3) is 0.500. The van der Waals surface area contributed by atoms with Crippen molar-refractivity contribution in [2.75, 3.05) is 13.1 Å². The zero-order chi connectivity index (χ0) is 16.5. The molecule has 0 spiro atoms. The summed E-state index contributed by atoms with van der Waals surface area (Å²) in [6.07, 6.45) is 5.99. The van der Waals surface area contributed by atoms with Crippen molar-refractivity contribution in [3.8, 4) is 6.07 Å². The molecule has 23 heavy (non-hydrogen) atoms. The third-order valence-corrected chi connectivity index (χ3v) is 5.03. The van der Waals surface area contributed by atoms with Crippen LogP contribution < -0.4 is 0 Å². The van der Waals surface area contributed by atoms with Crippen LogP contribution in [0.5, 0.6) is 0 Å². The molecule has 3 rings (SSSR count). The first-order valence-electron chi connectivity index (χ1n) is 8.45. The SMILES string of the molecule is CC(C)(C)C1=NC=CC1(C#N)N1CCC(c2ccccc2)CC1. The minimum absolute atomic E-state index is 0.102. The second kappa shape index (κ2) is 5.94. The molecular formula is C20H25N3. The van der Waals surface area contributed by atoms with Crippen LogP contribution in [0.1, 0.15) is 45.1 Å². The largest absolute Gasteiger partial charge is 0.277 e. The van der Waals surface area contributed by atoms with Crippen molar-refractivity contribution in [2.45, 2.75) is 45.1 Å². The Morgan fingerprint density at radius 3 is 2.39 bits per heavy atom. The van der Waals surface area contributed by atoms with Crippen molar-refractivity contribution >= 4 is 5.71 Å². The van der Waals surface area contributed by atoms with Crippen LogP contribution >= 0.6 is 0 Å². The van der Waals surface area contributed by atoms with E-state index in [0.29, 0.717) is 5.92 Å². The summed E-state index contributed by atoms with van der Waals surface area (Å²) in [6.45, 7) is 8.30. The Kier molecular flexibility index (Phi) is 4.12. The van der Waals surface area contributed by atoms with Crippen molar-refractivity contribution in [1.82, 2.24) is 4.90 Å². The van der Waals surface area contributed by atoms with Gasteiger partial charge in [-0.05, 0) is 30.4 Å². The molecule has 3 heteroatoms. The van der Waals surface area contributed by atoms with Gasteiger partial charge in [0.2, 0.25) is 0 Å². The maximum Gasteiger partial charge on any atom is 0.168 e. The van der Waals surface area contributed by atoms with Gasteiger partial charge in [0.1, 0.15) is 0 Å². The minimum Gasteiger partial charge on any atom is -0.277 e. The van der Waals surface area contributed by atoms with E-state index in [-0.39, 0.29) is 5.41 Å². The topological polar surface area (TPSA) is 39.4 Å². The molecule has 120 valence electrons. The molecule has 1 saturated heterocycles. The standard InChI is InChI=1S/C20H25N3/c1-19(2,3)18-20(15-21,11-12-22-18)23-13-9-17(10-14-23)16-7-5-4-6-8-16/h4-8,11-12,17H,9-10,13-14H2,1-3H3. The van der Waals surface area contributed by atoms with Crippen molar-refractivity contribution < 1.29 is 0 Å². The van der Waals surface area contributed by atoms with Gasteiger partial charge < -0.3 is 0 Å². The number of hydrogen-bond donors (Lipinski definition) is 0. The van der Waals surface area contributed by atoms with Crippen molar-refractivity contribution in [2.24, 2.45) is 10.4 Å². The molecule has 2 aliphatic rings. The lowest BCUT2D eigenvalue weighted by Gasteiger charge is -2.43. The monoisotopic (exact) mass is 307 g/mol. The number of likely N-dealkylation sites (tertiary alicyclic amines) is 1. The molecule has 0 radical (unpaired) electrons. The minimum atomic E-state index is -0.653. The molecule has 1 fully saturated rings. The van der Waals surface area contributed by atoms with Crippen LogP contribution in [-0.2, 0) is 0 Å². The molecule has 1 atom stereocenters. The molecular weight excluding hydrogens is 282 g/mol. The lowest BCUT2D eigenvalue weighted by molar-refractivity contribution is 0.170. The first-order valence-corrected chi connectivity index (χ1v) is 8.45. The third-order valence-electron chi connectivity index (χ3n) is 5.03. The molecule has 2 heterocycles. The first-order chi connectivity index (χ1) is 11.0. The molecule has 1 aromatic carbocycles. The number of nitriles is 1. The molecule has 0 bridgehead atoms. The summed E-state index contributed by atoms with van der Waals surface area (Å²) < 4.78 is 0. The highest BCUT2D eigenvalue weighted by atomic mass is 15.2. The number of piperidine rings is 1. The predicted octanol–water partition coefficient (Wildman–Crippen LogP) is 4.14. The Labute approximate surface area is 139 Å². The van der Waals surface area contributed by atoms with E-state index in [2.05, 4.69) is 67.1 Å². The van der Waals surface area contributed by atoms with Gasteiger partial charge in [-0.1, -0.05) is 51.1 Å². The zero-order valence-corrected chi connectivity index (χ0v) is 14.3. The van der Waals surface area contributed by atoms with Crippen LogP contribution in [0.15, 0.2) is 47.6 Å². The summed E-state index contributed by atoms with van der Waals surface area (Å²) in [7, 11) is 0. The highest BCUT2D eigenvalue weighted by Crippen LogP contribution is 2.37. The van der Waals surface area contributed by atoms with Gasteiger partial charge in [-0.25, -0.2) is 0 Å². The Morgan fingerprint density at radius 2 is 1.83 bits per heavy atom. The lowest BCUT2D eigenvalue weighted by atomic mass is 9.76. The smallest absolute Gasteiger partial charge is 0.168 e. The molecule has 2 aliphatic heterocycles. The molecule has 0 aliphatic carbocycles. The summed E-state index contributed by atoms with van der Waals surface area (Å²) in [6, 6.07) is 13.3. The second-order valence-electron chi connectivity index (χ2n) is 7.59. The Bertz CT molecular complexity index is 652. The lowest BCUT2D eigenvalue weighted by Crippen LogP contribution is -2.56. The summed E-state index contributed by atoms with van der Waals surface area (Å²) in [5.74, 6) is 0.601. The van der Waals surface area contributed by atoms with E-state index in [0.717, 1.165) is 31.6 Å². The van der Waals surface area contributed by atoms with Crippen LogP contribution in [0.4, 0.5) is 0 Å². The van der Waals surface area contributed by atoms with E-state index in [1.807, 2.05) is 12.3 Å². The summed E-state index contributed by atoms with van der Waals surface area (Å²) in [5.41, 5.74) is 1.64. The van der Waals surface area contributed by atoms with Crippen molar-refractivity contribution in [3.63, 3.8) is 0 Å². The zero-order valence-electron chi connectivity index (χ0n) is 14.3. The summed E-state index contributed by atoms with van der Waals surface area (Å²) in [4.78, 5) is 6.88. The van der Waals surface area contributed by atoms with Crippen molar-refractivity contribution in [1.29, 1.82) is 5.26 Å². The van der Waals surface area contributed by atoms with Crippen LogP contribution in [0, 0.1) is 16.7 Å². The molecule has 0 aromatic heterocycles. The fourth-order valence-electron chi connectivity index (χ4n) is 3.87. The van der Waals surface area contributed by atoms with Gasteiger partial charge in [0.05, 0.1) is 11.8 Å². The van der Waals surface area contributed by atoms with E-state index in [1.54, 1.807) is 0 Å². The highest BCUT2D eigenvalue weighted by molar-refractivity contribution is 6.04. The van der Waals surface area contributed by atoms with Gasteiger partial charge in [-0.3, -0.25) is 9.89 Å². The van der Waals surface area contributed by atoms with Gasteiger partial charge in [-0.15, -0.1) is 0 Å². The molecule has 3 nitrogen and oxygen atoms in total. The molecule has 1 unspecified atom stereocenters. The van der Waals surface area contributed by atoms with E-state index < -0.39 is 5.54 Å². The molecule has 1 aromatic rings. The summed E-state index contributed by atoms with van der Waals surface area (Å²) in [5, 5.41) is 9.96. The average Bonchev–Trinajstić information content (AvgIpc) is 3.01. The van der Waals surface area contributed by atoms with E-state index in [9.17, 15) is 5.26 Å². The number of aliphatic imine (C=N–C) groups is 1. The van der Waals surface area contributed by atoms with Gasteiger partial charge in [0, 0.05) is 24.7 Å². The van der Waals surface area contributed by atoms with Gasteiger partial charge in [0.25, 0.3) is 0 Å². The quantitative estimate of drug-likeness (QED) is 0.823. The number of nitrogens with zero attached hydrogens (tertiary/aromatic N) is 3. The van der Waals surface area contributed by atoms with E-state index in [1.165, 1.54) is 5.56 Å². The number of rotatable bonds is 2. The number of benzene rings is 1. The number of hydrogen-bond acceptors (Lipinski definition) is 3. The first kappa shape index (κ1) is 16.0. The average molecular weight is 307 g/mol. The predicted molar refractivity (Wildman–Crippen MR) is 94.4 cm³/mol. The second-order valence-corrected chi connectivity index (χ2v) is 7.59. The maximum atomic E-state index is 9.96. The van der Waals surface area contributed by atoms with Gasteiger partial charge >= 0.3 is 0 Å². The van der Waals surface area contributed by atoms with E-state index >= 15 is 0 Å². The van der Waals surface area contributed by atoms with Crippen LogP contribution in [0.2, 0.25) is 0 Å². The Morgan fingerprint density at radius 1 is 1.17 bits per heavy atom. The van der Waals surface area contributed by atoms with Crippen molar-refractivity contribution in [3.05, 3.63) is 48.2 Å². The van der Waals surface area contributed by atoms with Crippen LogP contribution in [0.25, 0.3) is 0 Å².